The van der Waals surface area contributed by atoms with Crippen LogP contribution in [0.4, 0.5) is 5.69 Å². The normalized spacial score (nSPS) is 35.0. The lowest BCUT2D eigenvalue weighted by Crippen LogP contribution is -2.68. The Morgan fingerprint density at radius 2 is 1.74 bits per heavy atom. The van der Waals surface area contributed by atoms with Gasteiger partial charge in [-0.05, 0) is 24.3 Å². The number of sulfonamides is 1. The van der Waals surface area contributed by atoms with Crippen LogP contribution in [-0.2, 0) is 14.8 Å². The quantitative estimate of drug-likeness (QED) is 0.276. The Bertz CT molecular complexity index is 650. The molecule has 0 saturated carbocycles. The second-order valence-corrected chi connectivity index (χ2v) is 6.72. The molecule has 11 heteroatoms. The maximum Gasteiger partial charge on any atom is 0.277 e. The summed E-state index contributed by atoms with van der Waals surface area (Å²) in [5, 5.41) is 55.9. The van der Waals surface area contributed by atoms with E-state index in [-0.39, 0.29) is 10.6 Å². The lowest BCUT2D eigenvalue weighted by molar-refractivity contribution is -0.336. The third-order valence-electron chi connectivity index (χ3n) is 3.47. The van der Waals surface area contributed by atoms with Crippen LogP contribution in [0, 0.1) is 0 Å². The first-order valence-corrected chi connectivity index (χ1v) is 8.09. The van der Waals surface area contributed by atoms with Gasteiger partial charge in [-0.15, -0.1) is 0 Å². The molecule has 1 aromatic carbocycles. The summed E-state index contributed by atoms with van der Waals surface area (Å²) in [4.78, 5) is -0.163. The predicted octanol–water partition coefficient (Wildman–Crippen LogP) is -3.13. The Kier molecular flexibility index (Phi) is 4.94. The van der Waals surface area contributed by atoms with Crippen molar-refractivity contribution >= 4 is 15.7 Å². The highest BCUT2D eigenvalue weighted by Crippen LogP contribution is 2.29. The fourth-order valence-corrected chi connectivity index (χ4v) is 2.71. The number of nitrogens with two attached hydrogens (primary N) is 1. The minimum Gasteiger partial charge on any atom is -0.394 e. The first-order valence-electron chi connectivity index (χ1n) is 6.55. The highest BCUT2D eigenvalue weighted by molar-refractivity contribution is 7.89. The van der Waals surface area contributed by atoms with Crippen LogP contribution < -0.4 is 10.5 Å². The van der Waals surface area contributed by atoms with Gasteiger partial charge in [0.2, 0.25) is 10.0 Å². The van der Waals surface area contributed by atoms with E-state index in [9.17, 15) is 28.8 Å². The zero-order valence-corrected chi connectivity index (χ0v) is 12.6. The van der Waals surface area contributed by atoms with Gasteiger partial charge in [-0.2, -0.15) is 0 Å². The molecule has 1 aliphatic rings. The Labute approximate surface area is 131 Å². The van der Waals surface area contributed by atoms with Gasteiger partial charge in [0.15, 0.2) is 6.10 Å². The molecule has 1 aromatic rings. The molecule has 0 amide bonds. The monoisotopic (exact) mass is 350 g/mol. The molecule has 1 saturated heterocycles. The number of anilines is 1. The topological polar surface area (TPSA) is 183 Å². The largest absolute Gasteiger partial charge is 0.394 e. The molecule has 1 heterocycles. The van der Waals surface area contributed by atoms with Gasteiger partial charge in [0, 0.05) is 5.69 Å². The van der Waals surface area contributed by atoms with Crippen LogP contribution in [0.2, 0.25) is 0 Å². The van der Waals surface area contributed by atoms with Gasteiger partial charge in [-0.3, -0.25) is 0 Å². The molecular formula is C12H18N2O8S. The number of hydrogen-bond acceptors (Lipinski definition) is 9. The van der Waals surface area contributed by atoms with Gasteiger partial charge >= 0.3 is 0 Å². The minimum atomic E-state index is -3.88. The maximum absolute atomic E-state index is 11.2. The predicted molar refractivity (Wildman–Crippen MR) is 76.4 cm³/mol. The molecule has 0 aliphatic carbocycles. The second kappa shape index (κ2) is 6.30. The zero-order chi connectivity index (χ0) is 17.4. The van der Waals surface area contributed by atoms with Crippen molar-refractivity contribution in [3.63, 3.8) is 0 Å². The highest BCUT2D eigenvalue weighted by Gasteiger charge is 2.53. The molecule has 0 spiro atoms. The molecule has 0 radical (unpaired) electrons. The van der Waals surface area contributed by atoms with Crippen molar-refractivity contribution in [2.45, 2.75) is 35.2 Å². The third-order valence-corrected chi connectivity index (χ3v) is 4.40. The van der Waals surface area contributed by atoms with E-state index in [4.69, 9.17) is 15.0 Å². The molecule has 130 valence electrons. The number of benzene rings is 1. The van der Waals surface area contributed by atoms with E-state index in [2.05, 4.69) is 5.32 Å². The lowest BCUT2D eigenvalue weighted by Gasteiger charge is -2.45. The van der Waals surface area contributed by atoms with Crippen molar-refractivity contribution in [3.8, 4) is 0 Å². The molecule has 0 unspecified atom stereocenters. The van der Waals surface area contributed by atoms with E-state index in [1.165, 1.54) is 12.1 Å². The number of rotatable bonds is 4. The van der Waals surface area contributed by atoms with Gasteiger partial charge in [-0.25, -0.2) is 13.6 Å². The Balaban J connectivity index is 2.23. The van der Waals surface area contributed by atoms with Gasteiger partial charge in [0.05, 0.1) is 11.5 Å². The van der Waals surface area contributed by atoms with E-state index < -0.39 is 47.0 Å². The van der Waals surface area contributed by atoms with Crippen LogP contribution in [-0.4, -0.2) is 70.9 Å². The van der Waals surface area contributed by atoms with E-state index >= 15 is 0 Å². The van der Waals surface area contributed by atoms with Crippen molar-refractivity contribution in [2.75, 3.05) is 11.9 Å². The summed E-state index contributed by atoms with van der Waals surface area (Å²) in [7, 11) is -3.88. The summed E-state index contributed by atoms with van der Waals surface area (Å²) >= 11 is 0. The lowest BCUT2D eigenvalue weighted by atomic mass is 9.96. The van der Waals surface area contributed by atoms with Crippen molar-refractivity contribution in [1.82, 2.24) is 0 Å². The van der Waals surface area contributed by atoms with E-state index in [0.717, 1.165) is 12.1 Å². The number of primary sulfonamides is 1. The molecule has 0 bridgehead atoms. The van der Waals surface area contributed by atoms with E-state index in [1.54, 1.807) is 0 Å². The van der Waals surface area contributed by atoms with Gasteiger partial charge in [0.25, 0.3) is 5.91 Å². The number of aliphatic hydroxyl groups is 5. The molecule has 5 atom stereocenters. The smallest absolute Gasteiger partial charge is 0.277 e. The van der Waals surface area contributed by atoms with Crippen LogP contribution in [0.3, 0.4) is 0 Å². The standard InChI is InChI=1S/C12H18N2O8S/c13-23(20,21)7-3-1-6(2-4-7)14-12(19)11(18)10(17)9(16)8(5-15)22-12/h1-4,8-11,14-19H,5H2,(H2,13,20,21)/t8-,9+,10+,11+,12+/m0/s1. The molecular weight excluding hydrogens is 332 g/mol. The molecule has 2 rings (SSSR count). The van der Waals surface area contributed by atoms with Crippen LogP contribution in [0.25, 0.3) is 0 Å². The highest BCUT2D eigenvalue weighted by atomic mass is 32.2. The summed E-state index contributed by atoms with van der Waals surface area (Å²) in [6, 6.07) is 4.81. The molecule has 1 aliphatic heterocycles. The average Bonchev–Trinajstić information content (AvgIpc) is 2.49. The number of aliphatic hydroxyl groups excluding tert-OH is 4. The van der Waals surface area contributed by atoms with Gasteiger partial charge in [0.1, 0.15) is 18.3 Å². The number of nitrogens with one attached hydrogen (secondary N) is 1. The molecule has 23 heavy (non-hydrogen) atoms. The van der Waals surface area contributed by atoms with Crippen molar-refractivity contribution < 1.29 is 38.7 Å². The molecule has 0 aromatic heterocycles. The Hall–Kier alpha value is -1.31. The van der Waals surface area contributed by atoms with Crippen molar-refractivity contribution in [1.29, 1.82) is 0 Å². The maximum atomic E-state index is 11.2. The first kappa shape index (κ1) is 18.0. The van der Waals surface area contributed by atoms with E-state index in [0.29, 0.717) is 0 Å². The summed E-state index contributed by atoms with van der Waals surface area (Å²) in [5.74, 6) is -2.50. The summed E-state index contributed by atoms with van der Waals surface area (Å²) in [5.41, 5.74) is 0.138. The van der Waals surface area contributed by atoms with Crippen molar-refractivity contribution in [2.24, 2.45) is 5.14 Å². The fraction of sp³-hybridized carbons (Fsp3) is 0.500. The second-order valence-electron chi connectivity index (χ2n) is 5.16. The third kappa shape index (κ3) is 3.62. The van der Waals surface area contributed by atoms with Crippen LogP contribution in [0.5, 0.6) is 0 Å². The Morgan fingerprint density at radius 1 is 1.17 bits per heavy atom. The summed E-state index contributed by atoms with van der Waals surface area (Å²) < 4.78 is 27.3. The Morgan fingerprint density at radius 3 is 2.22 bits per heavy atom. The van der Waals surface area contributed by atoms with Crippen LogP contribution in [0.15, 0.2) is 29.2 Å². The molecule has 1 fully saturated rings. The zero-order valence-electron chi connectivity index (χ0n) is 11.8. The minimum absolute atomic E-state index is 0.138. The first-order chi connectivity index (χ1) is 10.6. The van der Waals surface area contributed by atoms with Gasteiger partial charge in [-0.1, -0.05) is 0 Å². The molecule has 10 nitrogen and oxygen atoms in total. The summed E-state index contributed by atoms with van der Waals surface area (Å²) in [6.45, 7) is -0.709. The van der Waals surface area contributed by atoms with Crippen molar-refractivity contribution in [3.05, 3.63) is 24.3 Å². The van der Waals surface area contributed by atoms with Crippen LogP contribution >= 0.6 is 0 Å². The van der Waals surface area contributed by atoms with Gasteiger partial charge < -0.3 is 35.6 Å². The fourth-order valence-electron chi connectivity index (χ4n) is 2.19. The average molecular weight is 350 g/mol. The number of ether oxygens (including phenoxy) is 1. The molecule has 8 N–H and O–H groups in total. The number of hydrogen-bond donors (Lipinski definition) is 7. The van der Waals surface area contributed by atoms with Crippen LogP contribution in [0.1, 0.15) is 0 Å². The van der Waals surface area contributed by atoms with E-state index in [1.807, 2.05) is 0 Å². The SMILES string of the molecule is NS(=O)(=O)c1ccc(N[C@]2(O)O[C@@H](CO)[C@@H](O)[C@@H](O)[C@H]2O)cc1. The summed E-state index contributed by atoms with van der Waals surface area (Å²) in [6.07, 6.45) is -6.64.